The van der Waals surface area contributed by atoms with Gasteiger partial charge in [0, 0.05) is 6.54 Å². The number of benzene rings is 2. The predicted molar refractivity (Wildman–Crippen MR) is 109 cm³/mol. The molecule has 0 spiro atoms. The standard InChI is InChI=1S/C19H18N2O4S3/c1-3-13-20-17-18(27(22,23)16-11-9-14(2)10-12-16)21-19(26-17)28(24,25)15-7-5-4-6-8-15/h3-12,20H,1,13H2,2H3. The minimum atomic E-state index is -4.00. The molecule has 0 aliphatic carbocycles. The largest absolute Gasteiger partial charge is 0.371 e. The zero-order chi connectivity index (χ0) is 20.4. The number of aryl methyl sites for hydroxylation is 1. The summed E-state index contributed by atoms with van der Waals surface area (Å²) in [7, 11) is -7.94. The number of anilines is 1. The number of aromatic nitrogens is 1. The second-order valence-corrected chi connectivity index (χ2v) is 10.9. The third-order valence-corrected chi connectivity index (χ3v) is 8.84. The topological polar surface area (TPSA) is 93.2 Å². The van der Waals surface area contributed by atoms with Crippen molar-refractivity contribution in [2.24, 2.45) is 0 Å². The van der Waals surface area contributed by atoms with Crippen molar-refractivity contribution in [3.63, 3.8) is 0 Å². The highest BCUT2D eigenvalue weighted by molar-refractivity contribution is 7.94. The van der Waals surface area contributed by atoms with E-state index in [1.54, 1.807) is 36.4 Å². The summed E-state index contributed by atoms with van der Waals surface area (Å²) in [5.74, 6) is 0. The average molecular weight is 435 g/mol. The van der Waals surface area contributed by atoms with Crippen LogP contribution in [-0.4, -0.2) is 28.4 Å². The van der Waals surface area contributed by atoms with Gasteiger partial charge in [-0.15, -0.1) is 6.58 Å². The molecule has 146 valence electrons. The Labute approximate surface area is 168 Å². The fourth-order valence-electron chi connectivity index (χ4n) is 2.39. The van der Waals surface area contributed by atoms with Crippen LogP contribution in [-0.2, 0) is 19.7 Å². The minimum Gasteiger partial charge on any atom is -0.371 e. The summed E-state index contributed by atoms with van der Waals surface area (Å²) in [5.41, 5.74) is 0.912. The van der Waals surface area contributed by atoms with Gasteiger partial charge in [0.1, 0.15) is 5.00 Å². The van der Waals surface area contributed by atoms with E-state index in [0.29, 0.717) is 0 Å². The normalized spacial score (nSPS) is 11.9. The van der Waals surface area contributed by atoms with Gasteiger partial charge in [-0.1, -0.05) is 53.3 Å². The van der Waals surface area contributed by atoms with Crippen LogP contribution in [0.4, 0.5) is 5.00 Å². The van der Waals surface area contributed by atoms with E-state index in [2.05, 4.69) is 16.9 Å². The highest BCUT2D eigenvalue weighted by atomic mass is 32.2. The maximum absolute atomic E-state index is 13.1. The average Bonchev–Trinajstić information content (AvgIpc) is 3.13. The van der Waals surface area contributed by atoms with E-state index >= 15 is 0 Å². The summed E-state index contributed by atoms with van der Waals surface area (Å²) in [6.07, 6.45) is 1.55. The number of sulfone groups is 2. The molecule has 9 heteroatoms. The smallest absolute Gasteiger partial charge is 0.233 e. The summed E-state index contributed by atoms with van der Waals surface area (Å²) in [6.45, 7) is 5.71. The molecule has 0 fully saturated rings. The molecule has 0 bridgehead atoms. The van der Waals surface area contributed by atoms with Crippen molar-refractivity contribution in [2.45, 2.75) is 26.1 Å². The van der Waals surface area contributed by atoms with Crippen LogP contribution in [0.25, 0.3) is 0 Å². The molecular formula is C19H18N2O4S3. The van der Waals surface area contributed by atoms with Gasteiger partial charge in [0.25, 0.3) is 0 Å². The summed E-state index contributed by atoms with van der Waals surface area (Å²) < 4.78 is 51.7. The molecule has 1 N–H and O–H groups in total. The summed E-state index contributed by atoms with van der Waals surface area (Å²) in [5, 5.41) is 2.74. The molecule has 3 rings (SSSR count). The Bertz CT molecular complexity index is 1200. The van der Waals surface area contributed by atoms with Gasteiger partial charge in [-0.2, -0.15) is 0 Å². The predicted octanol–water partition coefficient (Wildman–Crippen LogP) is 3.72. The van der Waals surface area contributed by atoms with Gasteiger partial charge < -0.3 is 5.32 Å². The van der Waals surface area contributed by atoms with Crippen LogP contribution in [0.3, 0.4) is 0 Å². The zero-order valence-electron chi connectivity index (χ0n) is 15.0. The Morgan fingerprint density at radius 3 is 2.18 bits per heavy atom. The maximum Gasteiger partial charge on any atom is 0.233 e. The maximum atomic E-state index is 13.1. The van der Waals surface area contributed by atoms with Crippen LogP contribution in [0.2, 0.25) is 0 Å². The minimum absolute atomic E-state index is 0.0497. The molecule has 1 aromatic heterocycles. The van der Waals surface area contributed by atoms with Crippen molar-refractivity contribution in [2.75, 3.05) is 11.9 Å². The number of hydrogen-bond acceptors (Lipinski definition) is 7. The number of thiazole rings is 1. The fraction of sp³-hybridized carbons (Fsp3) is 0.105. The van der Waals surface area contributed by atoms with Gasteiger partial charge in [-0.3, -0.25) is 0 Å². The Kier molecular flexibility index (Phi) is 5.69. The van der Waals surface area contributed by atoms with Crippen LogP contribution in [0.5, 0.6) is 0 Å². The summed E-state index contributed by atoms with van der Waals surface area (Å²) >= 11 is 0.789. The first-order chi connectivity index (χ1) is 13.3. The molecule has 2 aromatic carbocycles. The van der Waals surface area contributed by atoms with Gasteiger partial charge in [0.05, 0.1) is 9.79 Å². The molecule has 0 saturated heterocycles. The lowest BCUT2D eigenvalue weighted by molar-refractivity contribution is 0.589. The molecule has 0 unspecified atom stereocenters. The number of hydrogen-bond donors (Lipinski definition) is 1. The van der Waals surface area contributed by atoms with Gasteiger partial charge in [0.15, 0.2) is 5.03 Å². The second kappa shape index (κ2) is 7.86. The highest BCUT2D eigenvalue weighted by Gasteiger charge is 2.31. The van der Waals surface area contributed by atoms with Crippen molar-refractivity contribution in [1.29, 1.82) is 0 Å². The Morgan fingerprint density at radius 1 is 0.964 bits per heavy atom. The van der Waals surface area contributed by atoms with Crippen LogP contribution in [0, 0.1) is 6.92 Å². The van der Waals surface area contributed by atoms with Crippen molar-refractivity contribution >= 4 is 36.0 Å². The van der Waals surface area contributed by atoms with E-state index in [0.717, 1.165) is 16.9 Å². The van der Waals surface area contributed by atoms with Gasteiger partial charge >= 0.3 is 0 Å². The highest BCUT2D eigenvalue weighted by Crippen LogP contribution is 2.36. The van der Waals surface area contributed by atoms with E-state index in [1.807, 2.05) is 6.92 Å². The Balaban J connectivity index is 2.16. The molecule has 0 aliphatic rings. The molecule has 0 saturated carbocycles. The quantitative estimate of drug-likeness (QED) is 0.570. The molecular weight excluding hydrogens is 416 g/mol. The second-order valence-electron chi connectivity index (χ2n) is 5.92. The SMILES string of the molecule is C=CCNc1sc(S(=O)(=O)c2ccccc2)nc1S(=O)(=O)c1ccc(C)cc1. The molecule has 6 nitrogen and oxygen atoms in total. The number of rotatable bonds is 7. The third-order valence-electron chi connectivity index (χ3n) is 3.85. The van der Waals surface area contributed by atoms with Crippen LogP contribution in [0.15, 0.2) is 86.4 Å². The van der Waals surface area contributed by atoms with Crippen LogP contribution in [0.1, 0.15) is 5.56 Å². The molecule has 28 heavy (non-hydrogen) atoms. The first kappa shape index (κ1) is 20.2. The first-order valence-corrected chi connectivity index (χ1v) is 12.0. The number of nitrogens with one attached hydrogen (secondary N) is 1. The lowest BCUT2D eigenvalue weighted by Crippen LogP contribution is -2.08. The Hall–Kier alpha value is -2.49. The van der Waals surface area contributed by atoms with Crippen LogP contribution >= 0.6 is 11.3 Å². The lowest BCUT2D eigenvalue weighted by Gasteiger charge is -2.05. The molecule has 1 heterocycles. The van der Waals surface area contributed by atoms with Gasteiger partial charge in [-0.25, -0.2) is 21.8 Å². The molecule has 0 amide bonds. The first-order valence-electron chi connectivity index (χ1n) is 8.24. The van der Waals surface area contributed by atoms with Gasteiger partial charge in [0.2, 0.25) is 24.0 Å². The zero-order valence-corrected chi connectivity index (χ0v) is 17.4. The van der Waals surface area contributed by atoms with Crippen molar-refractivity contribution in [3.05, 3.63) is 72.8 Å². The van der Waals surface area contributed by atoms with E-state index < -0.39 is 19.7 Å². The van der Waals surface area contributed by atoms with E-state index in [4.69, 9.17) is 0 Å². The molecule has 0 atom stereocenters. The monoisotopic (exact) mass is 434 g/mol. The summed E-state index contributed by atoms with van der Waals surface area (Å²) in [4.78, 5) is 4.13. The third kappa shape index (κ3) is 3.87. The van der Waals surface area contributed by atoms with E-state index in [1.165, 1.54) is 24.3 Å². The van der Waals surface area contributed by atoms with Crippen molar-refractivity contribution in [1.82, 2.24) is 4.98 Å². The molecule has 0 radical (unpaired) electrons. The van der Waals surface area contributed by atoms with E-state index in [-0.39, 0.29) is 30.7 Å². The summed E-state index contributed by atoms with van der Waals surface area (Å²) in [6, 6.07) is 14.1. The van der Waals surface area contributed by atoms with Crippen molar-refractivity contribution < 1.29 is 16.8 Å². The lowest BCUT2D eigenvalue weighted by atomic mass is 10.2. The molecule has 0 aliphatic heterocycles. The van der Waals surface area contributed by atoms with Crippen LogP contribution < -0.4 is 5.32 Å². The fourth-order valence-corrected chi connectivity index (χ4v) is 6.71. The number of nitrogens with zero attached hydrogens (tertiary/aromatic N) is 1. The van der Waals surface area contributed by atoms with E-state index in [9.17, 15) is 16.8 Å². The van der Waals surface area contributed by atoms with Crippen molar-refractivity contribution in [3.8, 4) is 0 Å². The van der Waals surface area contributed by atoms with Gasteiger partial charge in [-0.05, 0) is 31.2 Å². The molecule has 3 aromatic rings. The Morgan fingerprint density at radius 2 is 1.57 bits per heavy atom.